The molecule has 1 aliphatic heterocycles. The van der Waals surface area contributed by atoms with Crippen LogP contribution < -0.4 is 10.6 Å². The Morgan fingerprint density at radius 2 is 2.31 bits per heavy atom. The van der Waals surface area contributed by atoms with Crippen LogP contribution in [0.25, 0.3) is 0 Å². The average Bonchev–Trinajstić information content (AvgIpc) is 2.16. The molecule has 0 atom stereocenters. The lowest BCUT2D eigenvalue weighted by Gasteiger charge is -2.30. The third kappa shape index (κ3) is 1.42. The SMILES string of the molecule is NCc1cccc(N2CCC2=O)c1. The van der Waals surface area contributed by atoms with Gasteiger partial charge in [-0.25, -0.2) is 0 Å². The van der Waals surface area contributed by atoms with Gasteiger partial charge in [-0.05, 0) is 17.7 Å². The van der Waals surface area contributed by atoms with Gasteiger partial charge in [-0.15, -0.1) is 0 Å². The normalized spacial score (nSPS) is 15.8. The Balaban J connectivity index is 2.24. The van der Waals surface area contributed by atoms with E-state index >= 15 is 0 Å². The minimum atomic E-state index is 0.203. The fourth-order valence-electron chi connectivity index (χ4n) is 1.44. The van der Waals surface area contributed by atoms with Crippen molar-refractivity contribution in [2.75, 3.05) is 11.4 Å². The summed E-state index contributed by atoms with van der Waals surface area (Å²) in [6.07, 6.45) is 0.673. The molecule has 68 valence electrons. The Morgan fingerprint density at radius 1 is 1.46 bits per heavy atom. The van der Waals surface area contributed by atoms with E-state index in [1.807, 2.05) is 24.3 Å². The number of hydrogen-bond donors (Lipinski definition) is 1. The van der Waals surface area contributed by atoms with Crippen LogP contribution in [0.1, 0.15) is 12.0 Å². The van der Waals surface area contributed by atoms with E-state index in [2.05, 4.69) is 0 Å². The lowest BCUT2D eigenvalue weighted by molar-refractivity contribution is -0.122. The van der Waals surface area contributed by atoms with Crippen molar-refractivity contribution in [2.24, 2.45) is 5.73 Å². The number of β-lactam (4-membered cyclic amide) rings is 1. The zero-order valence-electron chi connectivity index (χ0n) is 7.36. The molecular weight excluding hydrogens is 164 g/mol. The predicted octanol–water partition coefficient (Wildman–Crippen LogP) is 0.882. The van der Waals surface area contributed by atoms with Crippen LogP contribution in [0.5, 0.6) is 0 Å². The Hall–Kier alpha value is -1.35. The first-order chi connectivity index (χ1) is 6.31. The van der Waals surface area contributed by atoms with Crippen LogP contribution in [0, 0.1) is 0 Å². The highest BCUT2D eigenvalue weighted by molar-refractivity contribution is 5.99. The molecule has 1 aromatic rings. The maximum Gasteiger partial charge on any atom is 0.228 e. The van der Waals surface area contributed by atoms with Crippen molar-refractivity contribution in [3.8, 4) is 0 Å². The molecule has 1 amide bonds. The van der Waals surface area contributed by atoms with Crippen LogP contribution in [0.15, 0.2) is 24.3 Å². The monoisotopic (exact) mass is 176 g/mol. The molecule has 0 radical (unpaired) electrons. The molecule has 2 rings (SSSR count). The van der Waals surface area contributed by atoms with Gasteiger partial charge >= 0.3 is 0 Å². The van der Waals surface area contributed by atoms with Crippen molar-refractivity contribution in [1.29, 1.82) is 0 Å². The average molecular weight is 176 g/mol. The van der Waals surface area contributed by atoms with Gasteiger partial charge in [0.1, 0.15) is 0 Å². The number of amides is 1. The molecule has 2 N–H and O–H groups in total. The number of nitrogens with two attached hydrogens (primary N) is 1. The van der Waals surface area contributed by atoms with Gasteiger partial charge in [-0.3, -0.25) is 4.79 Å². The summed E-state index contributed by atoms with van der Waals surface area (Å²) in [5, 5.41) is 0. The van der Waals surface area contributed by atoms with E-state index in [9.17, 15) is 4.79 Å². The van der Waals surface area contributed by atoms with Crippen LogP contribution in [-0.2, 0) is 11.3 Å². The Labute approximate surface area is 77.1 Å². The highest BCUT2D eigenvalue weighted by atomic mass is 16.2. The standard InChI is InChI=1S/C10H12N2O/c11-7-8-2-1-3-9(6-8)12-5-4-10(12)13/h1-3,6H,4-5,7,11H2. The topological polar surface area (TPSA) is 46.3 Å². The first-order valence-corrected chi connectivity index (χ1v) is 4.40. The number of nitrogens with zero attached hydrogens (tertiary/aromatic N) is 1. The predicted molar refractivity (Wildman–Crippen MR) is 51.3 cm³/mol. The summed E-state index contributed by atoms with van der Waals surface area (Å²) in [6, 6.07) is 7.81. The molecule has 3 nitrogen and oxygen atoms in total. The largest absolute Gasteiger partial charge is 0.326 e. The molecule has 1 heterocycles. The molecule has 0 saturated carbocycles. The fraction of sp³-hybridized carbons (Fsp3) is 0.300. The number of carbonyl (C=O) groups excluding carboxylic acids is 1. The molecule has 0 aliphatic carbocycles. The molecule has 13 heavy (non-hydrogen) atoms. The quantitative estimate of drug-likeness (QED) is 0.680. The molecule has 3 heteroatoms. The van der Waals surface area contributed by atoms with Gasteiger partial charge in [-0.1, -0.05) is 12.1 Å². The summed E-state index contributed by atoms with van der Waals surface area (Å²) >= 11 is 0. The van der Waals surface area contributed by atoms with Gasteiger partial charge in [0.15, 0.2) is 0 Å². The van der Waals surface area contributed by atoms with Gasteiger partial charge in [0, 0.05) is 25.2 Å². The van der Waals surface area contributed by atoms with Crippen LogP contribution >= 0.6 is 0 Å². The number of rotatable bonds is 2. The lowest BCUT2D eigenvalue weighted by atomic mass is 10.1. The van der Waals surface area contributed by atoms with Crippen molar-refractivity contribution < 1.29 is 4.79 Å². The third-order valence-electron chi connectivity index (χ3n) is 2.31. The molecular formula is C10H12N2O. The summed E-state index contributed by atoms with van der Waals surface area (Å²) in [5.41, 5.74) is 7.55. The van der Waals surface area contributed by atoms with E-state index < -0.39 is 0 Å². The molecule has 1 fully saturated rings. The molecule has 0 spiro atoms. The molecule has 1 aromatic carbocycles. The lowest BCUT2D eigenvalue weighted by Crippen LogP contribution is -2.43. The molecule has 1 aliphatic rings. The first kappa shape index (κ1) is 8.26. The van der Waals surface area contributed by atoms with Gasteiger partial charge in [0.25, 0.3) is 0 Å². The first-order valence-electron chi connectivity index (χ1n) is 4.40. The van der Waals surface area contributed by atoms with Gasteiger partial charge < -0.3 is 10.6 Å². The molecule has 0 aromatic heterocycles. The van der Waals surface area contributed by atoms with E-state index in [0.717, 1.165) is 17.8 Å². The van der Waals surface area contributed by atoms with Crippen LogP contribution in [0.3, 0.4) is 0 Å². The third-order valence-corrected chi connectivity index (χ3v) is 2.31. The number of anilines is 1. The number of hydrogen-bond acceptors (Lipinski definition) is 2. The van der Waals surface area contributed by atoms with Crippen molar-refractivity contribution in [2.45, 2.75) is 13.0 Å². The zero-order valence-corrected chi connectivity index (χ0v) is 7.36. The van der Waals surface area contributed by atoms with Crippen molar-refractivity contribution >= 4 is 11.6 Å². The maximum absolute atomic E-state index is 11.1. The van der Waals surface area contributed by atoms with Crippen molar-refractivity contribution in [1.82, 2.24) is 0 Å². The van der Waals surface area contributed by atoms with Gasteiger partial charge in [0.05, 0.1) is 0 Å². The Kier molecular flexibility index (Phi) is 2.02. The van der Waals surface area contributed by atoms with E-state index in [-0.39, 0.29) is 5.91 Å². The number of benzene rings is 1. The van der Waals surface area contributed by atoms with Crippen LogP contribution in [-0.4, -0.2) is 12.5 Å². The van der Waals surface area contributed by atoms with Crippen LogP contribution in [0.4, 0.5) is 5.69 Å². The summed E-state index contributed by atoms with van der Waals surface area (Å²) in [7, 11) is 0. The highest BCUT2D eigenvalue weighted by Crippen LogP contribution is 2.22. The maximum atomic E-state index is 11.1. The Morgan fingerprint density at radius 3 is 2.85 bits per heavy atom. The summed E-state index contributed by atoms with van der Waals surface area (Å²) in [5.74, 6) is 0.203. The second kappa shape index (κ2) is 3.18. The molecule has 0 bridgehead atoms. The van der Waals surface area contributed by atoms with E-state index in [1.165, 1.54) is 0 Å². The second-order valence-electron chi connectivity index (χ2n) is 3.17. The van der Waals surface area contributed by atoms with Gasteiger partial charge in [-0.2, -0.15) is 0 Å². The Bertz CT molecular complexity index is 335. The molecule has 0 unspecified atom stereocenters. The summed E-state index contributed by atoms with van der Waals surface area (Å²) < 4.78 is 0. The van der Waals surface area contributed by atoms with E-state index in [4.69, 9.17) is 5.73 Å². The summed E-state index contributed by atoms with van der Waals surface area (Å²) in [6.45, 7) is 1.36. The number of carbonyl (C=O) groups is 1. The fourth-order valence-corrected chi connectivity index (χ4v) is 1.44. The van der Waals surface area contributed by atoms with Gasteiger partial charge in [0.2, 0.25) is 5.91 Å². The highest BCUT2D eigenvalue weighted by Gasteiger charge is 2.24. The second-order valence-corrected chi connectivity index (χ2v) is 3.17. The minimum absolute atomic E-state index is 0.203. The summed E-state index contributed by atoms with van der Waals surface area (Å²) in [4.78, 5) is 12.9. The van der Waals surface area contributed by atoms with E-state index in [0.29, 0.717) is 13.0 Å². The van der Waals surface area contributed by atoms with E-state index in [1.54, 1.807) is 4.90 Å². The molecule has 1 saturated heterocycles. The van der Waals surface area contributed by atoms with Crippen LogP contribution in [0.2, 0.25) is 0 Å². The smallest absolute Gasteiger partial charge is 0.228 e. The zero-order chi connectivity index (χ0) is 9.26. The minimum Gasteiger partial charge on any atom is -0.326 e. The van der Waals surface area contributed by atoms with Crippen molar-refractivity contribution in [3.05, 3.63) is 29.8 Å². The van der Waals surface area contributed by atoms with Crippen molar-refractivity contribution in [3.63, 3.8) is 0 Å².